The van der Waals surface area contributed by atoms with Gasteiger partial charge in [0.15, 0.2) is 0 Å². The number of hydrogen-bond donors (Lipinski definition) is 0. The van der Waals surface area contributed by atoms with E-state index in [4.69, 9.17) is 9.47 Å². The van der Waals surface area contributed by atoms with Gasteiger partial charge in [-0.2, -0.15) is 0 Å². The minimum atomic E-state index is 0.603. The molecule has 1 aromatic rings. The van der Waals surface area contributed by atoms with Gasteiger partial charge in [0.25, 0.3) is 0 Å². The Morgan fingerprint density at radius 3 is 2.69 bits per heavy atom. The molecular weight excluding hydrogens is 268 g/mol. The van der Waals surface area contributed by atoms with Crippen molar-refractivity contribution in [2.75, 3.05) is 19.8 Å². The summed E-state index contributed by atoms with van der Waals surface area (Å²) in [5.74, 6) is 0.879. The lowest BCUT2D eigenvalue weighted by Crippen LogP contribution is -2.07. The number of benzene rings is 1. The fourth-order valence-electron chi connectivity index (χ4n) is 1.28. The van der Waals surface area contributed by atoms with Crippen molar-refractivity contribution in [2.24, 2.45) is 0 Å². The van der Waals surface area contributed by atoms with Crippen molar-refractivity contribution in [1.82, 2.24) is 0 Å². The third-order valence-corrected chi connectivity index (χ3v) is 2.83. The van der Waals surface area contributed by atoms with Crippen molar-refractivity contribution in [3.8, 4) is 5.75 Å². The second-order valence-electron chi connectivity index (χ2n) is 3.75. The number of hydrogen-bond acceptors (Lipinski definition) is 2. The highest BCUT2D eigenvalue weighted by Gasteiger charge is 2.00. The SMILES string of the molecule is CCCCOCCOc1ccc(C)cc1Br. The van der Waals surface area contributed by atoms with Crippen LogP contribution in [0.2, 0.25) is 0 Å². The van der Waals surface area contributed by atoms with Crippen molar-refractivity contribution in [2.45, 2.75) is 26.7 Å². The summed E-state index contributed by atoms with van der Waals surface area (Å²) in [5, 5.41) is 0. The van der Waals surface area contributed by atoms with Gasteiger partial charge in [-0.05, 0) is 47.0 Å². The minimum Gasteiger partial charge on any atom is -0.490 e. The standard InChI is InChI=1S/C13H19BrO2/c1-3-4-7-15-8-9-16-13-6-5-11(2)10-12(13)14/h5-6,10H,3-4,7-9H2,1-2H3. The molecule has 3 heteroatoms. The van der Waals surface area contributed by atoms with E-state index in [1.165, 1.54) is 12.0 Å². The van der Waals surface area contributed by atoms with Crippen molar-refractivity contribution in [3.05, 3.63) is 28.2 Å². The number of unbranched alkanes of at least 4 members (excludes halogenated alkanes) is 1. The van der Waals surface area contributed by atoms with Crippen LogP contribution in [0.5, 0.6) is 5.75 Å². The maximum atomic E-state index is 5.60. The van der Waals surface area contributed by atoms with Crippen LogP contribution in [0.25, 0.3) is 0 Å². The summed E-state index contributed by atoms with van der Waals surface area (Å²) < 4.78 is 12.0. The molecule has 0 radical (unpaired) electrons. The Hall–Kier alpha value is -0.540. The lowest BCUT2D eigenvalue weighted by Gasteiger charge is -2.09. The van der Waals surface area contributed by atoms with Crippen molar-refractivity contribution in [1.29, 1.82) is 0 Å². The normalized spacial score (nSPS) is 10.4. The molecule has 0 saturated heterocycles. The van der Waals surface area contributed by atoms with Gasteiger partial charge < -0.3 is 9.47 Å². The Morgan fingerprint density at radius 2 is 2.00 bits per heavy atom. The smallest absolute Gasteiger partial charge is 0.133 e. The molecule has 0 aliphatic heterocycles. The Kier molecular flexibility index (Phi) is 6.50. The number of aryl methyl sites for hydroxylation is 1. The molecule has 1 aromatic carbocycles. The van der Waals surface area contributed by atoms with Gasteiger partial charge in [0.1, 0.15) is 12.4 Å². The predicted molar refractivity (Wildman–Crippen MR) is 70.1 cm³/mol. The van der Waals surface area contributed by atoms with E-state index in [-0.39, 0.29) is 0 Å². The third kappa shape index (κ3) is 4.99. The maximum Gasteiger partial charge on any atom is 0.133 e. The number of rotatable bonds is 7. The molecule has 0 aliphatic carbocycles. The maximum absolute atomic E-state index is 5.60. The molecular formula is C13H19BrO2. The average Bonchev–Trinajstić information content (AvgIpc) is 2.26. The van der Waals surface area contributed by atoms with Crippen LogP contribution in [-0.4, -0.2) is 19.8 Å². The van der Waals surface area contributed by atoms with Gasteiger partial charge in [-0.3, -0.25) is 0 Å². The summed E-state index contributed by atoms with van der Waals surface area (Å²) in [6, 6.07) is 6.07. The summed E-state index contributed by atoms with van der Waals surface area (Å²) in [6.07, 6.45) is 2.29. The zero-order valence-corrected chi connectivity index (χ0v) is 11.5. The highest BCUT2D eigenvalue weighted by Crippen LogP contribution is 2.25. The quantitative estimate of drug-likeness (QED) is 0.707. The topological polar surface area (TPSA) is 18.5 Å². The van der Waals surface area contributed by atoms with Crippen molar-refractivity contribution in [3.63, 3.8) is 0 Å². The molecule has 0 fully saturated rings. The van der Waals surface area contributed by atoms with E-state index < -0.39 is 0 Å². The summed E-state index contributed by atoms with van der Waals surface area (Å²) in [6.45, 7) is 6.30. The van der Waals surface area contributed by atoms with E-state index in [1.54, 1.807) is 0 Å². The minimum absolute atomic E-state index is 0.603. The van der Waals surface area contributed by atoms with Gasteiger partial charge >= 0.3 is 0 Å². The molecule has 16 heavy (non-hydrogen) atoms. The Balaban J connectivity index is 2.21. The largest absolute Gasteiger partial charge is 0.490 e. The molecule has 0 saturated carbocycles. The van der Waals surface area contributed by atoms with E-state index in [0.717, 1.165) is 23.2 Å². The number of ether oxygens (including phenoxy) is 2. The molecule has 1 rings (SSSR count). The highest BCUT2D eigenvalue weighted by molar-refractivity contribution is 9.10. The van der Waals surface area contributed by atoms with Crippen LogP contribution in [-0.2, 0) is 4.74 Å². The number of halogens is 1. The van der Waals surface area contributed by atoms with Gasteiger partial charge in [0, 0.05) is 6.61 Å². The van der Waals surface area contributed by atoms with Gasteiger partial charge in [0.05, 0.1) is 11.1 Å². The molecule has 0 unspecified atom stereocenters. The van der Waals surface area contributed by atoms with Crippen LogP contribution in [0.15, 0.2) is 22.7 Å². The fraction of sp³-hybridized carbons (Fsp3) is 0.538. The lowest BCUT2D eigenvalue weighted by atomic mass is 10.2. The van der Waals surface area contributed by atoms with Gasteiger partial charge in [-0.15, -0.1) is 0 Å². The van der Waals surface area contributed by atoms with E-state index in [2.05, 4.69) is 29.8 Å². The fourth-order valence-corrected chi connectivity index (χ4v) is 1.89. The van der Waals surface area contributed by atoms with Gasteiger partial charge in [-0.25, -0.2) is 0 Å². The zero-order valence-electron chi connectivity index (χ0n) is 9.96. The summed E-state index contributed by atoms with van der Waals surface area (Å²) in [5.41, 5.74) is 1.22. The van der Waals surface area contributed by atoms with Crippen molar-refractivity contribution >= 4 is 15.9 Å². The van der Waals surface area contributed by atoms with E-state index >= 15 is 0 Å². The Labute approximate surface area is 106 Å². The Bertz CT molecular complexity index is 313. The van der Waals surface area contributed by atoms with Crippen LogP contribution in [0, 0.1) is 6.92 Å². The molecule has 90 valence electrons. The monoisotopic (exact) mass is 286 g/mol. The summed E-state index contributed by atoms with van der Waals surface area (Å²) >= 11 is 3.48. The first-order valence-electron chi connectivity index (χ1n) is 5.70. The van der Waals surface area contributed by atoms with Gasteiger partial charge in [0.2, 0.25) is 0 Å². The molecule has 0 atom stereocenters. The van der Waals surface area contributed by atoms with Crippen LogP contribution in [0.4, 0.5) is 0 Å². The molecule has 0 amide bonds. The summed E-state index contributed by atoms with van der Waals surface area (Å²) in [7, 11) is 0. The van der Waals surface area contributed by atoms with Crippen LogP contribution in [0.3, 0.4) is 0 Å². The average molecular weight is 287 g/mol. The van der Waals surface area contributed by atoms with E-state index in [9.17, 15) is 0 Å². The lowest BCUT2D eigenvalue weighted by molar-refractivity contribution is 0.0978. The van der Waals surface area contributed by atoms with Crippen molar-refractivity contribution < 1.29 is 9.47 Å². The first-order chi connectivity index (χ1) is 7.74. The molecule has 0 spiro atoms. The molecule has 2 nitrogen and oxygen atoms in total. The molecule has 0 aromatic heterocycles. The first kappa shape index (κ1) is 13.5. The predicted octanol–water partition coefficient (Wildman–Crippen LogP) is 3.95. The highest BCUT2D eigenvalue weighted by atomic mass is 79.9. The molecule has 0 heterocycles. The first-order valence-corrected chi connectivity index (χ1v) is 6.50. The zero-order chi connectivity index (χ0) is 11.8. The Morgan fingerprint density at radius 1 is 1.19 bits per heavy atom. The summed E-state index contributed by atoms with van der Waals surface area (Å²) in [4.78, 5) is 0. The molecule has 0 aliphatic rings. The molecule has 0 bridgehead atoms. The van der Waals surface area contributed by atoms with E-state index in [0.29, 0.717) is 13.2 Å². The second kappa shape index (κ2) is 7.69. The van der Waals surface area contributed by atoms with Gasteiger partial charge in [-0.1, -0.05) is 19.4 Å². The van der Waals surface area contributed by atoms with Crippen LogP contribution in [0.1, 0.15) is 25.3 Å². The van der Waals surface area contributed by atoms with Crippen LogP contribution >= 0.6 is 15.9 Å². The van der Waals surface area contributed by atoms with Crippen LogP contribution < -0.4 is 4.74 Å². The third-order valence-electron chi connectivity index (χ3n) is 2.21. The second-order valence-corrected chi connectivity index (χ2v) is 4.60. The van der Waals surface area contributed by atoms with E-state index in [1.807, 2.05) is 18.2 Å². The molecule has 0 N–H and O–H groups in total.